The number of hydrogen-bond acceptors (Lipinski definition) is 3. The Balaban J connectivity index is 2.28. The molecule has 0 aliphatic carbocycles. The van der Waals surface area contributed by atoms with E-state index in [9.17, 15) is 9.59 Å². The predicted molar refractivity (Wildman–Crippen MR) is 84.5 cm³/mol. The lowest BCUT2D eigenvalue weighted by Crippen LogP contribution is -2.45. The molecule has 1 aliphatic heterocycles. The topological polar surface area (TPSA) is 73.2 Å². The maximum atomic E-state index is 12.1. The maximum absolute atomic E-state index is 12.1. The molecule has 2 rings (SSSR count). The highest BCUT2D eigenvalue weighted by molar-refractivity contribution is 5.97. The van der Waals surface area contributed by atoms with Gasteiger partial charge < -0.3 is 10.2 Å². The third-order valence-corrected chi connectivity index (χ3v) is 4.24. The van der Waals surface area contributed by atoms with Crippen LogP contribution in [0.1, 0.15) is 43.1 Å². The van der Waals surface area contributed by atoms with Crippen LogP contribution >= 0.6 is 0 Å². The zero-order chi connectivity index (χ0) is 16.3. The van der Waals surface area contributed by atoms with Crippen molar-refractivity contribution in [2.75, 3.05) is 11.4 Å². The fraction of sp³-hybridized carbons (Fsp3) is 0.471. The maximum Gasteiger partial charge on any atom is 0.251 e. The third-order valence-electron chi connectivity index (χ3n) is 4.24. The van der Waals surface area contributed by atoms with Crippen LogP contribution in [0.2, 0.25) is 0 Å². The Bertz CT molecular complexity index is 633. The van der Waals surface area contributed by atoms with Crippen LogP contribution in [0.5, 0.6) is 0 Å². The number of nitrogens with one attached hydrogen (secondary N) is 1. The van der Waals surface area contributed by atoms with Gasteiger partial charge in [-0.3, -0.25) is 9.59 Å². The summed E-state index contributed by atoms with van der Waals surface area (Å²) in [7, 11) is 0. The molecule has 22 heavy (non-hydrogen) atoms. The van der Waals surface area contributed by atoms with Crippen molar-refractivity contribution < 1.29 is 9.59 Å². The second-order valence-electron chi connectivity index (χ2n) is 5.82. The van der Waals surface area contributed by atoms with E-state index in [0.29, 0.717) is 24.4 Å². The first-order valence-corrected chi connectivity index (χ1v) is 7.53. The van der Waals surface area contributed by atoms with Crippen LogP contribution in [0.4, 0.5) is 5.69 Å². The first-order chi connectivity index (χ1) is 10.5. The number of nitriles is 1. The average Bonchev–Trinajstić information content (AvgIpc) is 2.47. The number of carbonyl (C=O) groups is 2. The lowest BCUT2D eigenvalue weighted by atomic mass is 9.87. The zero-order valence-corrected chi connectivity index (χ0v) is 13.2. The smallest absolute Gasteiger partial charge is 0.251 e. The minimum Gasteiger partial charge on any atom is -0.351 e. The molecule has 1 aliphatic rings. The van der Waals surface area contributed by atoms with Gasteiger partial charge in [0.05, 0.1) is 12.5 Å². The van der Waals surface area contributed by atoms with Crippen molar-refractivity contribution >= 4 is 17.5 Å². The van der Waals surface area contributed by atoms with Crippen LogP contribution < -0.4 is 10.2 Å². The molecule has 0 saturated carbocycles. The number of benzene rings is 1. The Morgan fingerprint density at radius 3 is 2.77 bits per heavy atom. The fourth-order valence-electron chi connectivity index (χ4n) is 2.91. The van der Waals surface area contributed by atoms with E-state index in [1.165, 1.54) is 0 Å². The molecule has 0 saturated heterocycles. The van der Waals surface area contributed by atoms with E-state index in [4.69, 9.17) is 5.26 Å². The van der Waals surface area contributed by atoms with Crippen molar-refractivity contribution in [1.29, 1.82) is 5.26 Å². The molecular formula is C17H21N3O2. The van der Waals surface area contributed by atoms with Gasteiger partial charge in [0, 0.05) is 30.8 Å². The molecule has 0 bridgehead atoms. The van der Waals surface area contributed by atoms with Gasteiger partial charge in [0.15, 0.2) is 0 Å². The highest BCUT2D eigenvalue weighted by Crippen LogP contribution is 2.34. The van der Waals surface area contributed by atoms with E-state index >= 15 is 0 Å². The van der Waals surface area contributed by atoms with E-state index in [0.717, 1.165) is 17.7 Å². The van der Waals surface area contributed by atoms with Crippen LogP contribution in [-0.4, -0.2) is 24.4 Å². The van der Waals surface area contributed by atoms with E-state index in [2.05, 4.69) is 19.2 Å². The molecule has 5 nitrogen and oxygen atoms in total. The summed E-state index contributed by atoms with van der Waals surface area (Å²) in [5.74, 6) is 0.179. The molecule has 2 amide bonds. The molecule has 5 heteroatoms. The average molecular weight is 299 g/mol. The van der Waals surface area contributed by atoms with E-state index in [-0.39, 0.29) is 17.9 Å². The molecule has 1 unspecified atom stereocenters. The predicted octanol–water partition coefficient (Wildman–Crippen LogP) is 2.26. The number of nitrogens with zero attached hydrogens (tertiary/aromatic N) is 2. The van der Waals surface area contributed by atoms with Gasteiger partial charge in [-0.2, -0.15) is 5.26 Å². The summed E-state index contributed by atoms with van der Waals surface area (Å²) in [6.07, 6.45) is 1.14. The molecule has 0 fully saturated rings. The summed E-state index contributed by atoms with van der Waals surface area (Å²) in [5.41, 5.74) is 2.49. The number of anilines is 1. The second kappa shape index (κ2) is 6.61. The Morgan fingerprint density at radius 1 is 1.41 bits per heavy atom. The molecule has 1 aromatic rings. The van der Waals surface area contributed by atoms with E-state index in [1.54, 1.807) is 17.9 Å². The summed E-state index contributed by atoms with van der Waals surface area (Å²) in [6, 6.07) is 7.58. The van der Waals surface area contributed by atoms with Gasteiger partial charge in [-0.15, -0.1) is 0 Å². The first kappa shape index (κ1) is 16.0. The largest absolute Gasteiger partial charge is 0.351 e. The standard InChI is InChI=1S/C17H21N3O2/c1-11-9-15-10-14(17(22)19-8-4-7-18)5-6-16(15)20(12(11)2)13(3)21/h5-6,10-12H,4,8-9H2,1-3H3,(H,19,22)/t11?,12-/m0/s1. The quantitative estimate of drug-likeness (QED) is 0.870. The minimum absolute atomic E-state index is 0.0199. The summed E-state index contributed by atoms with van der Waals surface area (Å²) < 4.78 is 0. The number of fused-ring (bicyclic) bond motifs is 1. The lowest BCUT2D eigenvalue weighted by Gasteiger charge is -2.39. The lowest BCUT2D eigenvalue weighted by molar-refractivity contribution is -0.117. The van der Waals surface area contributed by atoms with Crippen molar-refractivity contribution in [1.82, 2.24) is 5.32 Å². The monoisotopic (exact) mass is 299 g/mol. The number of carbonyl (C=O) groups excluding carboxylic acids is 2. The summed E-state index contributed by atoms with van der Waals surface area (Å²) >= 11 is 0. The Kier molecular flexibility index (Phi) is 4.81. The molecule has 0 aromatic heterocycles. The number of amides is 2. The van der Waals surface area contributed by atoms with Crippen molar-refractivity contribution in [2.45, 2.75) is 39.7 Å². The molecular weight excluding hydrogens is 278 g/mol. The Morgan fingerprint density at radius 2 is 2.14 bits per heavy atom. The SMILES string of the molecule is CC(=O)N1c2ccc(C(=O)NCCC#N)cc2CC(C)[C@@H]1C. The Hall–Kier alpha value is -2.35. The van der Waals surface area contributed by atoms with Gasteiger partial charge in [0.25, 0.3) is 5.91 Å². The summed E-state index contributed by atoms with van der Waals surface area (Å²) in [5, 5.41) is 11.2. The third kappa shape index (κ3) is 3.11. The van der Waals surface area contributed by atoms with Gasteiger partial charge in [0.2, 0.25) is 5.91 Å². The van der Waals surface area contributed by atoms with Crippen molar-refractivity contribution in [3.05, 3.63) is 29.3 Å². The normalized spacial score (nSPS) is 20.0. The van der Waals surface area contributed by atoms with Gasteiger partial charge in [-0.25, -0.2) is 0 Å². The molecule has 0 radical (unpaired) electrons. The molecule has 1 heterocycles. The number of rotatable bonds is 3. The van der Waals surface area contributed by atoms with Gasteiger partial charge in [0.1, 0.15) is 0 Å². The summed E-state index contributed by atoms with van der Waals surface area (Å²) in [6.45, 7) is 6.08. The molecule has 1 N–H and O–H groups in total. The van der Waals surface area contributed by atoms with Crippen molar-refractivity contribution in [2.24, 2.45) is 5.92 Å². The van der Waals surface area contributed by atoms with Crippen LogP contribution in [0, 0.1) is 17.2 Å². The zero-order valence-electron chi connectivity index (χ0n) is 13.2. The van der Waals surface area contributed by atoms with E-state index in [1.807, 2.05) is 18.2 Å². The van der Waals surface area contributed by atoms with Crippen molar-refractivity contribution in [3.63, 3.8) is 0 Å². The van der Waals surface area contributed by atoms with Crippen molar-refractivity contribution in [3.8, 4) is 6.07 Å². The van der Waals surface area contributed by atoms with Crippen LogP contribution in [0.25, 0.3) is 0 Å². The van der Waals surface area contributed by atoms with Crippen LogP contribution in [0.3, 0.4) is 0 Å². The minimum atomic E-state index is -0.182. The summed E-state index contributed by atoms with van der Waals surface area (Å²) in [4.78, 5) is 25.8. The fourth-order valence-corrected chi connectivity index (χ4v) is 2.91. The molecule has 0 spiro atoms. The highest BCUT2D eigenvalue weighted by atomic mass is 16.2. The van der Waals surface area contributed by atoms with Gasteiger partial charge >= 0.3 is 0 Å². The molecule has 116 valence electrons. The van der Waals surface area contributed by atoms with Crippen LogP contribution in [0.15, 0.2) is 18.2 Å². The highest BCUT2D eigenvalue weighted by Gasteiger charge is 2.31. The molecule has 1 aromatic carbocycles. The molecule has 2 atom stereocenters. The van der Waals surface area contributed by atoms with E-state index < -0.39 is 0 Å². The Labute approximate surface area is 130 Å². The van der Waals surface area contributed by atoms with Crippen LogP contribution in [-0.2, 0) is 11.2 Å². The van der Waals surface area contributed by atoms with Gasteiger partial charge in [-0.05, 0) is 43.0 Å². The number of hydrogen-bond donors (Lipinski definition) is 1. The van der Waals surface area contributed by atoms with Gasteiger partial charge in [-0.1, -0.05) is 6.92 Å². The second-order valence-corrected chi connectivity index (χ2v) is 5.82. The first-order valence-electron chi connectivity index (χ1n) is 7.53.